The smallest absolute Gasteiger partial charge is 0.320 e. The molecule has 9 heteroatoms. The lowest BCUT2D eigenvalue weighted by Crippen LogP contribution is -2.55. The summed E-state index contributed by atoms with van der Waals surface area (Å²) in [7, 11) is 0. The van der Waals surface area contributed by atoms with Crippen LogP contribution in [0.15, 0.2) is 28.9 Å². The van der Waals surface area contributed by atoms with Crippen molar-refractivity contribution in [3.8, 4) is 11.5 Å². The van der Waals surface area contributed by atoms with Gasteiger partial charge >= 0.3 is 6.03 Å². The molecule has 0 unspecified atom stereocenters. The van der Waals surface area contributed by atoms with Crippen LogP contribution in [0, 0.1) is 0 Å². The van der Waals surface area contributed by atoms with Crippen LogP contribution in [-0.4, -0.2) is 89.3 Å². The molecule has 2 aliphatic rings. The molecule has 9 nitrogen and oxygen atoms in total. The molecule has 0 atom stereocenters. The zero-order valence-electron chi connectivity index (χ0n) is 14.4. The molecule has 0 spiro atoms. The number of piperazine rings is 1. The van der Waals surface area contributed by atoms with Gasteiger partial charge < -0.3 is 23.9 Å². The number of ether oxygens (including phenoxy) is 1. The Morgan fingerprint density at radius 1 is 1.00 bits per heavy atom. The lowest BCUT2D eigenvalue weighted by molar-refractivity contribution is 0.0361. The SMILES string of the molecule is O=C(c1cc(-c2ccco2)[nH]n1)N1CCN(C(=O)N2CCOCC2)CC1. The van der Waals surface area contributed by atoms with E-state index in [4.69, 9.17) is 9.15 Å². The number of rotatable bonds is 2. The number of aromatic amines is 1. The summed E-state index contributed by atoms with van der Waals surface area (Å²) in [5.41, 5.74) is 1.02. The summed E-state index contributed by atoms with van der Waals surface area (Å²) < 4.78 is 10.6. The van der Waals surface area contributed by atoms with E-state index in [9.17, 15) is 9.59 Å². The lowest BCUT2D eigenvalue weighted by Gasteiger charge is -2.38. The Labute approximate surface area is 150 Å². The number of nitrogens with zero attached hydrogens (tertiary/aromatic N) is 4. The maximum Gasteiger partial charge on any atom is 0.320 e. The number of furan rings is 1. The number of morpholine rings is 1. The standard InChI is InChI=1S/C17H21N5O4/c23-16(14-12-13(18-19-14)15-2-1-9-26-15)20-3-5-21(6-4-20)17(24)22-7-10-25-11-8-22/h1-2,9,12H,3-8,10-11H2,(H,18,19). The molecule has 4 rings (SSSR count). The second-order valence-corrected chi connectivity index (χ2v) is 6.31. The summed E-state index contributed by atoms with van der Waals surface area (Å²) in [5.74, 6) is 0.495. The molecule has 0 radical (unpaired) electrons. The molecule has 4 heterocycles. The van der Waals surface area contributed by atoms with Gasteiger partial charge in [-0.25, -0.2) is 4.79 Å². The van der Waals surface area contributed by atoms with Crippen LogP contribution in [0.1, 0.15) is 10.5 Å². The largest absolute Gasteiger partial charge is 0.463 e. The fourth-order valence-electron chi connectivity index (χ4n) is 3.21. The van der Waals surface area contributed by atoms with Crippen molar-refractivity contribution in [2.45, 2.75) is 0 Å². The molecular weight excluding hydrogens is 338 g/mol. The number of amides is 3. The highest BCUT2D eigenvalue weighted by Gasteiger charge is 2.29. The minimum absolute atomic E-state index is 0.0280. The summed E-state index contributed by atoms with van der Waals surface area (Å²) >= 11 is 0. The van der Waals surface area contributed by atoms with Crippen LogP contribution in [-0.2, 0) is 4.74 Å². The first kappa shape index (κ1) is 16.6. The molecule has 0 aromatic carbocycles. The van der Waals surface area contributed by atoms with Gasteiger partial charge in [0.15, 0.2) is 11.5 Å². The van der Waals surface area contributed by atoms with E-state index in [0.717, 1.165) is 0 Å². The van der Waals surface area contributed by atoms with Crippen molar-refractivity contribution in [1.82, 2.24) is 24.9 Å². The summed E-state index contributed by atoms with van der Waals surface area (Å²) in [4.78, 5) is 30.5. The van der Waals surface area contributed by atoms with Crippen molar-refractivity contribution in [1.29, 1.82) is 0 Å². The van der Waals surface area contributed by atoms with Crippen molar-refractivity contribution in [3.05, 3.63) is 30.2 Å². The molecule has 1 N–H and O–H groups in total. The normalized spacial score (nSPS) is 18.2. The topological polar surface area (TPSA) is 94.9 Å². The molecule has 0 bridgehead atoms. The van der Waals surface area contributed by atoms with Crippen molar-refractivity contribution in [3.63, 3.8) is 0 Å². The van der Waals surface area contributed by atoms with E-state index in [0.29, 0.717) is 69.6 Å². The Morgan fingerprint density at radius 2 is 1.69 bits per heavy atom. The number of carbonyl (C=O) groups excluding carboxylic acids is 2. The maximum absolute atomic E-state index is 12.6. The Hall–Kier alpha value is -2.81. The number of hydrogen-bond donors (Lipinski definition) is 1. The second kappa shape index (κ2) is 7.20. The Kier molecular flexibility index (Phi) is 4.61. The fraction of sp³-hybridized carbons (Fsp3) is 0.471. The van der Waals surface area contributed by atoms with Crippen LogP contribution >= 0.6 is 0 Å². The van der Waals surface area contributed by atoms with E-state index in [2.05, 4.69) is 10.2 Å². The van der Waals surface area contributed by atoms with Gasteiger partial charge in [0.05, 0.1) is 19.5 Å². The van der Waals surface area contributed by atoms with Gasteiger partial charge in [0.25, 0.3) is 5.91 Å². The molecule has 26 heavy (non-hydrogen) atoms. The Morgan fingerprint density at radius 3 is 2.38 bits per heavy atom. The maximum atomic E-state index is 12.6. The average Bonchev–Trinajstić information content (AvgIpc) is 3.39. The molecule has 138 valence electrons. The first-order valence-electron chi connectivity index (χ1n) is 8.72. The molecule has 2 aliphatic heterocycles. The van der Waals surface area contributed by atoms with E-state index in [-0.39, 0.29) is 11.9 Å². The fourth-order valence-corrected chi connectivity index (χ4v) is 3.21. The summed E-state index contributed by atoms with van der Waals surface area (Å²) in [5, 5.41) is 6.92. The van der Waals surface area contributed by atoms with Crippen molar-refractivity contribution < 1.29 is 18.7 Å². The Bertz CT molecular complexity index is 758. The number of carbonyl (C=O) groups is 2. The summed E-state index contributed by atoms with van der Waals surface area (Å²) in [6.45, 7) is 4.47. The minimum Gasteiger partial charge on any atom is -0.463 e. The predicted molar refractivity (Wildman–Crippen MR) is 91.6 cm³/mol. The number of aromatic nitrogens is 2. The lowest BCUT2D eigenvalue weighted by atomic mass is 10.2. The van der Waals surface area contributed by atoms with Gasteiger partial charge in [-0.3, -0.25) is 9.89 Å². The third-order valence-corrected chi connectivity index (χ3v) is 4.70. The van der Waals surface area contributed by atoms with Gasteiger partial charge in [0.2, 0.25) is 0 Å². The Balaban J connectivity index is 1.34. The van der Waals surface area contributed by atoms with Crippen LogP contribution < -0.4 is 0 Å². The molecule has 2 fully saturated rings. The molecule has 2 aromatic rings. The zero-order chi connectivity index (χ0) is 17.9. The van der Waals surface area contributed by atoms with Gasteiger partial charge in [0, 0.05) is 45.3 Å². The van der Waals surface area contributed by atoms with Gasteiger partial charge in [-0.15, -0.1) is 0 Å². The van der Waals surface area contributed by atoms with Crippen LogP contribution in [0.3, 0.4) is 0 Å². The van der Waals surface area contributed by atoms with Crippen molar-refractivity contribution in [2.24, 2.45) is 0 Å². The summed E-state index contributed by atoms with van der Waals surface area (Å²) in [6, 6.07) is 5.30. The molecule has 3 amide bonds. The van der Waals surface area contributed by atoms with Crippen molar-refractivity contribution >= 4 is 11.9 Å². The minimum atomic E-state index is -0.141. The van der Waals surface area contributed by atoms with E-state index < -0.39 is 0 Å². The molecule has 2 aromatic heterocycles. The molecular formula is C17H21N5O4. The van der Waals surface area contributed by atoms with E-state index in [1.54, 1.807) is 34.3 Å². The van der Waals surface area contributed by atoms with Gasteiger partial charge in [0.1, 0.15) is 5.69 Å². The first-order valence-corrected chi connectivity index (χ1v) is 8.72. The number of hydrogen-bond acceptors (Lipinski definition) is 5. The highest BCUT2D eigenvalue weighted by atomic mass is 16.5. The summed E-state index contributed by atoms with van der Waals surface area (Å²) in [6.07, 6.45) is 1.57. The highest BCUT2D eigenvalue weighted by molar-refractivity contribution is 5.93. The molecule has 2 saturated heterocycles. The van der Waals surface area contributed by atoms with Crippen LogP contribution in [0.25, 0.3) is 11.5 Å². The molecule has 0 saturated carbocycles. The highest BCUT2D eigenvalue weighted by Crippen LogP contribution is 2.19. The van der Waals surface area contributed by atoms with Crippen LogP contribution in [0.5, 0.6) is 0 Å². The third kappa shape index (κ3) is 3.30. The monoisotopic (exact) mass is 359 g/mol. The third-order valence-electron chi connectivity index (χ3n) is 4.70. The zero-order valence-corrected chi connectivity index (χ0v) is 14.4. The number of urea groups is 1. The average molecular weight is 359 g/mol. The van der Waals surface area contributed by atoms with Gasteiger partial charge in [-0.2, -0.15) is 5.10 Å². The van der Waals surface area contributed by atoms with Crippen molar-refractivity contribution in [2.75, 3.05) is 52.5 Å². The van der Waals surface area contributed by atoms with E-state index in [1.165, 1.54) is 0 Å². The van der Waals surface area contributed by atoms with Gasteiger partial charge in [-0.1, -0.05) is 0 Å². The number of nitrogens with one attached hydrogen (secondary N) is 1. The quantitative estimate of drug-likeness (QED) is 0.859. The number of H-pyrrole nitrogens is 1. The first-order chi connectivity index (χ1) is 12.7. The van der Waals surface area contributed by atoms with Gasteiger partial charge in [-0.05, 0) is 12.1 Å². The van der Waals surface area contributed by atoms with E-state index in [1.807, 2.05) is 4.90 Å². The second-order valence-electron chi connectivity index (χ2n) is 6.31. The van der Waals surface area contributed by atoms with Crippen LogP contribution in [0.4, 0.5) is 4.79 Å². The predicted octanol–water partition coefficient (Wildman–Crippen LogP) is 0.880. The molecule has 0 aliphatic carbocycles. The van der Waals surface area contributed by atoms with Crippen LogP contribution in [0.2, 0.25) is 0 Å². The van der Waals surface area contributed by atoms with E-state index >= 15 is 0 Å².